The van der Waals surface area contributed by atoms with E-state index in [1.165, 1.54) is 23.5 Å². The molecule has 5 nitrogen and oxygen atoms in total. The Morgan fingerprint density at radius 1 is 1.33 bits per heavy atom. The molecule has 1 atom stereocenters. The molecule has 144 valence electrons. The lowest BCUT2D eigenvalue weighted by Gasteiger charge is -2.24. The molecule has 2 heterocycles. The highest BCUT2D eigenvalue weighted by Gasteiger charge is 2.28. The zero-order chi connectivity index (χ0) is 19.7. The molecular weight excluding hydrogens is 410 g/mol. The third-order valence-electron chi connectivity index (χ3n) is 4.44. The van der Waals surface area contributed by atoms with Crippen LogP contribution in [0.3, 0.4) is 0 Å². The number of rotatable bonds is 5. The minimum absolute atomic E-state index is 0.188. The zero-order valence-corrected chi connectivity index (χ0v) is 17.1. The van der Waals surface area contributed by atoms with Crippen molar-refractivity contribution in [3.63, 3.8) is 0 Å². The van der Waals surface area contributed by atoms with Crippen molar-refractivity contribution in [2.75, 3.05) is 27.2 Å². The molecule has 0 radical (unpaired) electrons. The molecule has 9 heteroatoms. The average molecular weight is 429 g/mol. The molecule has 0 fully saturated rings. The molecule has 0 spiro atoms. The molecule has 0 aliphatic carbocycles. The summed E-state index contributed by atoms with van der Waals surface area (Å²) in [5.41, 5.74) is 8.02. The van der Waals surface area contributed by atoms with Crippen LogP contribution in [0.15, 0.2) is 35.4 Å². The van der Waals surface area contributed by atoms with E-state index in [2.05, 4.69) is 5.32 Å². The number of likely N-dealkylation sites (N-methyl/N-ethyl adjacent to an activating group) is 1. The van der Waals surface area contributed by atoms with Crippen LogP contribution in [-0.4, -0.2) is 43.1 Å². The largest absolute Gasteiger partial charge is 0.343 e. The van der Waals surface area contributed by atoms with Crippen LogP contribution in [0.2, 0.25) is 4.34 Å². The molecule has 1 aromatic heterocycles. The van der Waals surface area contributed by atoms with Crippen molar-refractivity contribution >= 4 is 46.1 Å². The maximum atomic E-state index is 13.1. The van der Waals surface area contributed by atoms with Crippen LogP contribution in [0.5, 0.6) is 0 Å². The summed E-state index contributed by atoms with van der Waals surface area (Å²) < 4.78 is 13.6. The standard InChI is InChI=1S/C18H19Cl2FN4OS/c1-24-9-13(19)16(25(24)2)12-7-15(27-17(12)20)18(26)23-14(8-22)10-3-5-11(21)6-4-10/h3-7,14H,8-9,22H2,1-2H3,(H,23,26). The average Bonchev–Trinajstić information content (AvgIpc) is 3.13. The molecule has 0 saturated carbocycles. The van der Waals surface area contributed by atoms with E-state index in [-0.39, 0.29) is 18.3 Å². The molecule has 27 heavy (non-hydrogen) atoms. The maximum absolute atomic E-state index is 13.1. The Labute approximate surface area is 171 Å². The van der Waals surface area contributed by atoms with Gasteiger partial charge < -0.3 is 16.1 Å². The quantitative estimate of drug-likeness (QED) is 0.762. The van der Waals surface area contributed by atoms with Crippen LogP contribution >= 0.6 is 34.5 Å². The molecule has 1 amide bonds. The minimum atomic E-state index is -0.425. The fourth-order valence-corrected chi connectivity index (χ4v) is 4.47. The van der Waals surface area contributed by atoms with Gasteiger partial charge in [-0.1, -0.05) is 35.3 Å². The summed E-state index contributed by atoms with van der Waals surface area (Å²) in [6.45, 7) is 0.773. The predicted octanol–water partition coefficient (Wildman–Crippen LogP) is 3.67. The zero-order valence-electron chi connectivity index (χ0n) is 14.8. The Morgan fingerprint density at radius 3 is 2.56 bits per heavy atom. The third kappa shape index (κ3) is 4.12. The molecule has 1 unspecified atom stereocenters. The Balaban J connectivity index is 1.82. The van der Waals surface area contributed by atoms with Gasteiger partial charge in [0.05, 0.1) is 28.2 Å². The van der Waals surface area contributed by atoms with Gasteiger partial charge in [0, 0.05) is 26.2 Å². The van der Waals surface area contributed by atoms with Crippen molar-refractivity contribution in [3.8, 4) is 0 Å². The van der Waals surface area contributed by atoms with E-state index < -0.39 is 6.04 Å². The number of benzene rings is 1. The number of nitrogens with one attached hydrogen (secondary N) is 1. The van der Waals surface area contributed by atoms with Gasteiger partial charge in [-0.3, -0.25) is 4.79 Å². The van der Waals surface area contributed by atoms with Gasteiger partial charge in [-0.15, -0.1) is 11.3 Å². The number of thiophene rings is 1. The van der Waals surface area contributed by atoms with Crippen molar-refractivity contribution in [1.82, 2.24) is 15.3 Å². The van der Waals surface area contributed by atoms with E-state index in [1.54, 1.807) is 18.2 Å². The van der Waals surface area contributed by atoms with E-state index >= 15 is 0 Å². The minimum Gasteiger partial charge on any atom is -0.343 e. The summed E-state index contributed by atoms with van der Waals surface area (Å²) in [6.07, 6.45) is 0. The smallest absolute Gasteiger partial charge is 0.261 e. The van der Waals surface area contributed by atoms with Gasteiger partial charge in [0.15, 0.2) is 0 Å². The number of halogens is 3. The number of hydrogen-bond donors (Lipinski definition) is 2. The molecule has 2 aromatic rings. The Bertz CT molecular complexity index is 884. The lowest BCUT2D eigenvalue weighted by Crippen LogP contribution is -2.33. The summed E-state index contributed by atoms with van der Waals surface area (Å²) in [7, 11) is 3.80. The van der Waals surface area contributed by atoms with Crippen LogP contribution in [0.4, 0.5) is 4.39 Å². The van der Waals surface area contributed by atoms with E-state index in [4.69, 9.17) is 28.9 Å². The van der Waals surface area contributed by atoms with Gasteiger partial charge in [-0.05, 0) is 23.8 Å². The van der Waals surface area contributed by atoms with E-state index in [9.17, 15) is 9.18 Å². The lowest BCUT2D eigenvalue weighted by atomic mass is 10.1. The molecule has 0 saturated heterocycles. The number of amides is 1. The van der Waals surface area contributed by atoms with Crippen LogP contribution in [0.1, 0.15) is 26.8 Å². The van der Waals surface area contributed by atoms with E-state index in [1.807, 2.05) is 24.1 Å². The fraction of sp³-hybridized carbons (Fsp3) is 0.278. The maximum Gasteiger partial charge on any atom is 0.261 e. The first-order valence-electron chi connectivity index (χ1n) is 8.21. The van der Waals surface area contributed by atoms with Crippen molar-refractivity contribution in [2.45, 2.75) is 6.04 Å². The molecule has 0 bridgehead atoms. The Kier molecular flexibility index (Phi) is 6.08. The normalized spacial score (nSPS) is 16.1. The molecule has 1 aliphatic heterocycles. The van der Waals surface area contributed by atoms with Crippen molar-refractivity contribution in [1.29, 1.82) is 0 Å². The second-order valence-corrected chi connectivity index (χ2v) is 8.31. The number of hydrazine groups is 1. The van der Waals surface area contributed by atoms with Crippen LogP contribution in [-0.2, 0) is 0 Å². The first-order chi connectivity index (χ1) is 12.8. The topological polar surface area (TPSA) is 61.6 Å². The highest BCUT2D eigenvalue weighted by atomic mass is 35.5. The summed E-state index contributed by atoms with van der Waals surface area (Å²) in [4.78, 5) is 13.2. The fourth-order valence-electron chi connectivity index (χ4n) is 2.89. The first-order valence-corrected chi connectivity index (χ1v) is 9.78. The Hall–Kier alpha value is -1.64. The summed E-state index contributed by atoms with van der Waals surface area (Å²) in [5.74, 6) is -0.634. The highest BCUT2D eigenvalue weighted by molar-refractivity contribution is 7.18. The lowest BCUT2D eigenvalue weighted by molar-refractivity contribution is 0.0942. The van der Waals surface area contributed by atoms with Crippen LogP contribution in [0, 0.1) is 5.82 Å². The number of hydrogen-bond acceptors (Lipinski definition) is 5. The van der Waals surface area contributed by atoms with Gasteiger partial charge in [0.2, 0.25) is 0 Å². The first kappa shape index (κ1) is 20.1. The van der Waals surface area contributed by atoms with Crippen molar-refractivity contribution in [2.24, 2.45) is 5.73 Å². The van der Waals surface area contributed by atoms with Gasteiger partial charge in [-0.25, -0.2) is 9.40 Å². The summed E-state index contributed by atoms with van der Waals surface area (Å²) in [5, 5.41) is 7.39. The number of nitrogens with zero attached hydrogens (tertiary/aromatic N) is 2. The monoisotopic (exact) mass is 428 g/mol. The Morgan fingerprint density at radius 2 is 2.00 bits per heavy atom. The second kappa shape index (κ2) is 8.16. The van der Waals surface area contributed by atoms with Crippen LogP contribution in [0.25, 0.3) is 5.70 Å². The second-order valence-electron chi connectivity index (χ2n) is 6.20. The summed E-state index contributed by atoms with van der Waals surface area (Å²) >= 11 is 13.9. The molecular formula is C18H19Cl2FN4OS. The van der Waals surface area contributed by atoms with Gasteiger partial charge in [0.1, 0.15) is 10.2 Å². The molecule has 3 N–H and O–H groups in total. The van der Waals surface area contributed by atoms with E-state index in [0.29, 0.717) is 20.8 Å². The van der Waals surface area contributed by atoms with Crippen molar-refractivity contribution in [3.05, 3.63) is 61.5 Å². The molecule has 1 aliphatic rings. The third-order valence-corrected chi connectivity index (χ3v) is 6.10. The predicted molar refractivity (Wildman–Crippen MR) is 108 cm³/mol. The van der Waals surface area contributed by atoms with Gasteiger partial charge in [-0.2, -0.15) is 0 Å². The number of carbonyl (C=O) groups excluding carboxylic acids is 1. The molecule has 3 rings (SSSR count). The SMILES string of the molecule is CN1CC(Cl)=C(c2cc(C(=O)NC(CN)c3ccc(F)cc3)sc2Cl)N1C. The highest BCUT2D eigenvalue weighted by Crippen LogP contribution is 2.39. The number of nitrogens with two attached hydrogens (primary N) is 1. The molecule has 1 aromatic carbocycles. The summed E-state index contributed by atoms with van der Waals surface area (Å²) in [6, 6.07) is 7.19. The van der Waals surface area contributed by atoms with Crippen LogP contribution < -0.4 is 11.1 Å². The van der Waals surface area contributed by atoms with Crippen molar-refractivity contribution < 1.29 is 9.18 Å². The van der Waals surface area contributed by atoms with Gasteiger partial charge >= 0.3 is 0 Å². The van der Waals surface area contributed by atoms with E-state index in [0.717, 1.165) is 16.8 Å². The van der Waals surface area contributed by atoms with Gasteiger partial charge in [0.25, 0.3) is 5.91 Å². The number of carbonyl (C=O) groups is 1.